The summed E-state index contributed by atoms with van der Waals surface area (Å²) in [4.78, 5) is 35.2. The van der Waals surface area contributed by atoms with Gasteiger partial charge in [0.1, 0.15) is 5.75 Å². The number of para-hydroxylation sites is 2. The van der Waals surface area contributed by atoms with E-state index in [0.717, 1.165) is 11.3 Å². The smallest absolute Gasteiger partial charge is 0.306 e. The Bertz CT molecular complexity index is 820. The molecule has 0 atom stereocenters. The highest BCUT2D eigenvalue weighted by atomic mass is 16.5. The number of aryl methyl sites for hydroxylation is 1. The summed E-state index contributed by atoms with van der Waals surface area (Å²) in [6.45, 7) is 1.98. The molecular formula is C20H22N2O5. The molecule has 0 heterocycles. The minimum Gasteiger partial charge on any atom is -0.494 e. The minimum atomic E-state index is -0.657. The van der Waals surface area contributed by atoms with Crippen LogP contribution in [0.25, 0.3) is 0 Å². The standard InChI is InChI=1S/C20H22N2O5/c1-2-26-17-10-6-3-7-14(17)11-12-19(24)27-13-18(23)22-16-9-5-4-8-15(16)20(21)25/h3-10H,2,11-13H2,1H3,(H2,21,25)(H,22,23). The molecule has 0 aromatic heterocycles. The summed E-state index contributed by atoms with van der Waals surface area (Å²) < 4.78 is 10.5. The van der Waals surface area contributed by atoms with Crippen LogP contribution in [0.4, 0.5) is 5.69 Å². The summed E-state index contributed by atoms with van der Waals surface area (Å²) in [5, 5.41) is 2.51. The topological polar surface area (TPSA) is 108 Å². The summed E-state index contributed by atoms with van der Waals surface area (Å²) in [5.74, 6) is -0.976. The van der Waals surface area contributed by atoms with Crippen LogP contribution in [0, 0.1) is 0 Å². The third kappa shape index (κ3) is 6.14. The fourth-order valence-electron chi connectivity index (χ4n) is 2.45. The molecule has 0 aliphatic heterocycles. The Kier molecular flexibility index (Phi) is 7.37. The number of nitrogens with two attached hydrogens (primary N) is 1. The van der Waals surface area contributed by atoms with Gasteiger partial charge in [-0.2, -0.15) is 0 Å². The van der Waals surface area contributed by atoms with Gasteiger partial charge < -0.3 is 20.5 Å². The van der Waals surface area contributed by atoms with E-state index in [4.69, 9.17) is 15.2 Å². The van der Waals surface area contributed by atoms with Crippen LogP contribution >= 0.6 is 0 Å². The third-order valence-corrected chi connectivity index (χ3v) is 3.70. The predicted octanol–water partition coefficient (Wildman–Crippen LogP) is 2.30. The Balaban J connectivity index is 1.82. The van der Waals surface area contributed by atoms with Crippen molar-refractivity contribution in [1.29, 1.82) is 0 Å². The van der Waals surface area contributed by atoms with Crippen molar-refractivity contribution < 1.29 is 23.9 Å². The van der Waals surface area contributed by atoms with Crippen LogP contribution in [0.3, 0.4) is 0 Å². The molecule has 0 saturated heterocycles. The first-order valence-electron chi connectivity index (χ1n) is 8.56. The van der Waals surface area contributed by atoms with Crippen molar-refractivity contribution in [2.75, 3.05) is 18.5 Å². The number of esters is 1. The number of primary amides is 1. The number of amides is 2. The van der Waals surface area contributed by atoms with Gasteiger partial charge in [-0.3, -0.25) is 14.4 Å². The van der Waals surface area contributed by atoms with Crippen LogP contribution in [-0.2, 0) is 20.7 Å². The zero-order valence-corrected chi connectivity index (χ0v) is 15.1. The van der Waals surface area contributed by atoms with Crippen molar-refractivity contribution in [2.45, 2.75) is 19.8 Å². The molecule has 0 radical (unpaired) electrons. The normalized spacial score (nSPS) is 10.1. The zero-order chi connectivity index (χ0) is 19.6. The molecule has 0 aliphatic carbocycles. The first kappa shape index (κ1) is 20.0. The molecule has 2 rings (SSSR count). The van der Waals surface area contributed by atoms with E-state index in [9.17, 15) is 14.4 Å². The predicted molar refractivity (Wildman–Crippen MR) is 100 cm³/mol. The van der Waals surface area contributed by atoms with E-state index in [2.05, 4.69) is 5.32 Å². The van der Waals surface area contributed by atoms with Gasteiger partial charge in [0, 0.05) is 6.42 Å². The SMILES string of the molecule is CCOc1ccccc1CCC(=O)OCC(=O)Nc1ccccc1C(N)=O. The molecule has 0 unspecified atom stereocenters. The maximum atomic E-state index is 11.9. The first-order valence-corrected chi connectivity index (χ1v) is 8.56. The Labute approximate surface area is 157 Å². The van der Waals surface area contributed by atoms with E-state index >= 15 is 0 Å². The number of hydrogen-bond donors (Lipinski definition) is 2. The van der Waals surface area contributed by atoms with Gasteiger partial charge in [0.15, 0.2) is 6.61 Å². The maximum absolute atomic E-state index is 11.9. The third-order valence-electron chi connectivity index (χ3n) is 3.70. The number of hydrogen-bond acceptors (Lipinski definition) is 5. The number of nitrogens with one attached hydrogen (secondary N) is 1. The molecule has 7 heteroatoms. The highest BCUT2D eigenvalue weighted by Gasteiger charge is 2.13. The molecule has 0 aliphatic rings. The van der Waals surface area contributed by atoms with Gasteiger partial charge in [0.05, 0.1) is 17.9 Å². The number of carbonyl (C=O) groups excluding carboxylic acids is 3. The average Bonchev–Trinajstić information content (AvgIpc) is 2.66. The van der Waals surface area contributed by atoms with Gasteiger partial charge in [-0.1, -0.05) is 30.3 Å². The quantitative estimate of drug-likeness (QED) is 0.659. The molecule has 0 fully saturated rings. The fraction of sp³-hybridized carbons (Fsp3) is 0.250. The molecule has 2 aromatic carbocycles. The van der Waals surface area contributed by atoms with Crippen LogP contribution in [0.15, 0.2) is 48.5 Å². The molecular weight excluding hydrogens is 348 g/mol. The second kappa shape index (κ2) is 9.96. The molecule has 2 amide bonds. The van der Waals surface area contributed by atoms with Gasteiger partial charge in [-0.15, -0.1) is 0 Å². The Morgan fingerprint density at radius 1 is 1.04 bits per heavy atom. The van der Waals surface area contributed by atoms with Gasteiger partial charge in [0.25, 0.3) is 11.8 Å². The van der Waals surface area contributed by atoms with Crippen molar-refractivity contribution in [3.8, 4) is 5.75 Å². The van der Waals surface area contributed by atoms with Crippen LogP contribution in [0.5, 0.6) is 5.75 Å². The number of carbonyl (C=O) groups is 3. The molecule has 0 saturated carbocycles. The molecule has 27 heavy (non-hydrogen) atoms. The number of rotatable bonds is 9. The van der Waals surface area contributed by atoms with Crippen LogP contribution in [0.2, 0.25) is 0 Å². The van der Waals surface area contributed by atoms with Gasteiger partial charge in [-0.25, -0.2) is 0 Å². The summed E-state index contributed by atoms with van der Waals surface area (Å²) in [6.07, 6.45) is 0.566. The highest BCUT2D eigenvalue weighted by Crippen LogP contribution is 2.19. The largest absolute Gasteiger partial charge is 0.494 e. The lowest BCUT2D eigenvalue weighted by Gasteiger charge is -2.10. The lowest BCUT2D eigenvalue weighted by Crippen LogP contribution is -2.23. The van der Waals surface area contributed by atoms with E-state index < -0.39 is 24.4 Å². The molecule has 0 bridgehead atoms. The highest BCUT2D eigenvalue weighted by molar-refractivity contribution is 6.03. The van der Waals surface area contributed by atoms with E-state index in [-0.39, 0.29) is 17.7 Å². The van der Waals surface area contributed by atoms with E-state index in [1.165, 1.54) is 6.07 Å². The molecule has 0 spiro atoms. The summed E-state index contributed by atoms with van der Waals surface area (Å²) in [6, 6.07) is 13.8. The van der Waals surface area contributed by atoms with Gasteiger partial charge >= 0.3 is 5.97 Å². The second-order valence-corrected chi connectivity index (χ2v) is 5.66. The first-order chi connectivity index (χ1) is 13.0. The maximum Gasteiger partial charge on any atom is 0.306 e. The monoisotopic (exact) mass is 370 g/mol. The van der Waals surface area contributed by atoms with Gasteiger partial charge in [-0.05, 0) is 37.1 Å². The average molecular weight is 370 g/mol. The van der Waals surface area contributed by atoms with E-state index in [1.807, 2.05) is 31.2 Å². The fourth-order valence-corrected chi connectivity index (χ4v) is 2.45. The van der Waals surface area contributed by atoms with E-state index in [0.29, 0.717) is 13.0 Å². The zero-order valence-electron chi connectivity index (χ0n) is 15.1. The van der Waals surface area contributed by atoms with Crippen LogP contribution in [-0.4, -0.2) is 31.0 Å². The summed E-state index contributed by atoms with van der Waals surface area (Å²) in [5.41, 5.74) is 6.61. The molecule has 2 aromatic rings. The number of ether oxygens (including phenoxy) is 2. The lowest BCUT2D eigenvalue weighted by molar-refractivity contribution is -0.147. The Morgan fingerprint density at radius 2 is 1.74 bits per heavy atom. The molecule has 3 N–H and O–H groups in total. The number of benzene rings is 2. The Morgan fingerprint density at radius 3 is 2.48 bits per heavy atom. The summed E-state index contributed by atoms with van der Waals surface area (Å²) >= 11 is 0. The molecule has 7 nitrogen and oxygen atoms in total. The van der Waals surface area contributed by atoms with Crippen molar-refractivity contribution >= 4 is 23.5 Å². The van der Waals surface area contributed by atoms with Crippen molar-refractivity contribution in [2.24, 2.45) is 5.73 Å². The molecule has 142 valence electrons. The van der Waals surface area contributed by atoms with Crippen molar-refractivity contribution in [3.05, 3.63) is 59.7 Å². The number of anilines is 1. The second-order valence-electron chi connectivity index (χ2n) is 5.66. The summed E-state index contributed by atoms with van der Waals surface area (Å²) in [7, 11) is 0. The lowest BCUT2D eigenvalue weighted by atomic mass is 10.1. The minimum absolute atomic E-state index is 0.120. The van der Waals surface area contributed by atoms with E-state index in [1.54, 1.807) is 18.2 Å². The van der Waals surface area contributed by atoms with Crippen LogP contribution in [0.1, 0.15) is 29.3 Å². The Hall–Kier alpha value is -3.35. The van der Waals surface area contributed by atoms with Crippen molar-refractivity contribution in [1.82, 2.24) is 0 Å². The van der Waals surface area contributed by atoms with Crippen molar-refractivity contribution in [3.63, 3.8) is 0 Å². The van der Waals surface area contributed by atoms with Crippen LogP contribution < -0.4 is 15.8 Å². The van der Waals surface area contributed by atoms with Gasteiger partial charge in [0.2, 0.25) is 0 Å².